The van der Waals surface area contributed by atoms with Crippen LogP contribution in [0.1, 0.15) is 25.8 Å². The summed E-state index contributed by atoms with van der Waals surface area (Å²) in [6.45, 7) is 7.44. The average molecular weight is 206 g/mol. The van der Waals surface area contributed by atoms with Gasteiger partial charge in [0.2, 0.25) is 0 Å². The Kier molecular flexibility index (Phi) is 5.19. The van der Waals surface area contributed by atoms with Crippen LogP contribution in [0.25, 0.3) is 0 Å². The van der Waals surface area contributed by atoms with E-state index in [1.165, 1.54) is 17.7 Å². The largest absolute Gasteiger partial charge is 0.374 e. The average Bonchev–Trinajstić information content (AvgIpc) is 2.27. The van der Waals surface area contributed by atoms with Crippen molar-refractivity contribution in [2.75, 3.05) is 25.0 Å². The van der Waals surface area contributed by atoms with Crippen molar-refractivity contribution in [2.45, 2.75) is 26.8 Å². The van der Waals surface area contributed by atoms with Crippen molar-refractivity contribution in [3.05, 3.63) is 29.8 Å². The van der Waals surface area contributed by atoms with Gasteiger partial charge in [0.05, 0.1) is 0 Å². The molecule has 0 aliphatic rings. The Labute approximate surface area is 93.3 Å². The fourth-order valence-electron chi connectivity index (χ4n) is 1.75. The molecule has 0 spiro atoms. The highest BCUT2D eigenvalue weighted by Crippen LogP contribution is 2.18. The first-order chi connectivity index (χ1) is 7.29. The molecule has 0 radical (unpaired) electrons. The van der Waals surface area contributed by atoms with Crippen LogP contribution in [0.4, 0.5) is 5.69 Å². The lowest BCUT2D eigenvalue weighted by molar-refractivity contribution is 0.722. The maximum absolute atomic E-state index is 3.38. The summed E-state index contributed by atoms with van der Waals surface area (Å²) >= 11 is 0. The van der Waals surface area contributed by atoms with E-state index in [-0.39, 0.29) is 0 Å². The van der Waals surface area contributed by atoms with Gasteiger partial charge in [-0.05, 0) is 24.6 Å². The van der Waals surface area contributed by atoms with Gasteiger partial charge in [-0.25, -0.2) is 0 Å². The van der Waals surface area contributed by atoms with Gasteiger partial charge < -0.3 is 10.2 Å². The summed E-state index contributed by atoms with van der Waals surface area (Å²) in [5.41, 5.74) is 2.73. The SMILES string of the molecule is CCCN(C)c1ccccc1CNCC. The molecule has 1 N–H and O–H groups in total. The summed E-state index contributed by atoms with van der Waals surface area (Å²) in [6, 6.07) is 8.61. The molecular weight excluding hydrogens is 184 g/mol. The van der Waals surface area contributed by atoms with Gasteiger partial charge in [-0.3, -0.25) is 0 Å². The molecule has 0 saturated carbocycles. The molecule has 2 nitrogen and oxygen atoms in total. The third-order valence-electron chi connectivity index (χ3n) is 2.53. The molecule has 0 aliphatic carbocycles. The van der Waals surface area contributed by atoms with Crippen molar-refractivity contribution in [3.8, 4) is 0 Å². The van der Waals surface area contributed by atoms with E-state index < -0.39 is 0 Å². The molecule has 1 aromatic rings. The minimum absolute atomic E-state index is 0.959. The Morgan fingerprint density at radius 3 is 2.60 bits per heavy atom. The predicted molar refractivity (Wildman–Crippen MR) is 67.4 cm³/mol. The molecule has 0 aliphatic heterocycles. The van der Waals surface area contributed by atoms with Crippen molar-refractivity contribution in [1.29, 1.82) is 0 Å². The summed E-state index contributed by atoms with van der Waals surface area (Å²) in [6.07, 6.45) is 1.19. The molecule has 0 amide bonds. The van der Waals surface area contributed by atoms with E-state index in [0.29, 0.717) is 0 Å². The van der Waals surface area contributed by atoms with E-state index in [2.05, 4.69) is 55.4 Å². The summed E-state index contributed by atoms with van der Waals surface area (Å²) in [7, 11) is 2.16. The third kappa shape index (κ3) is 3.56. The number of hydrogen-bond donors (Lipinski definition) is 1. The van der Waals surface area contributed by atoms with E-state index >= 15 is 0 Å². The van der Waals surface area contributed by atoms with Crippen LogP contribution in [-0.2, 0) is 6.54 Å². The molecule has 0 atom stereocenters. The van der Waals surface area contributed by atoms with Crippen LogP contribution in [0.15, 0.2) is 24.3 Å². The monoisotopic (exact) mass is 206 g/mol. The smallest absolute Gasteiger partial charge is 0.0409 e. The highest BCUT2D eigenvalue weighted by molar-refractivity contribution is 5.52. The first-order valence-electron chi connectivity index (χ1n) is 5.79. The molecule has 0 unspecified atom stereocenters. The lowest BCUT2D eigenvalue weighted by Gasteiger charge is -2.21. The Morgan fingerprint density at radius 1 is 1.20 bits per heavy atom. The molecule has 0 heterocycles. The molecule has 0 fully saturated rings. The summed E-state index contributed by atoms with van der Waals surface area (Å²) in [5, 5.41) is 3.38. The van der Waals surface area contributed by atoms with Crippen LogP contribution in [-0.4, -0.2) is 20.1 Å². The van der Waals surface area contributed by atoms with E-state index in [4.69, 9.17) is 0 Å². The molecule has 1 rings (SSSR count). The standard InChI is InChI=1S/C13H22N2/c1-4-10-15(3)13-9-7-6-8-12(13)11-14-5-2/h6-9,14H,4-5,10-11H2,1-3H3. The topological polar surface area (TPSA) is 15.3 Å². The predicted octanol–water partition coefficient (Wildman–Crippen LogP) is 2.64. The first-order valence-corrected chi connectivity index (χ1v) is 5.79. The van der Waals surface area contributed by atoms with Crippen LogP contribution in [0.2, 0.25) is 0 Å². The van der Waals surface area contributed by atoms with Crippen LogP contribution < -0.4 is 10.2 Å². The highest BCUT2D eigenvalue weighted by atomic mass is 15.1. The quantitative estimate of drug-likeness (QED) is 0.769. The fourth-order valence-corrected chi connectivity index (χ4v) is 1.75. The van der Waals surface area contributed by atoms with Gasteiger partial charge in [0.1, 0.15) is 0 Å². The Hall–Kier alpha value is -1.02. The number of para-hydroxylation sites is 1. The number of benzene rings is 1. The highest BCUT2D eigenvalue weighted by Gasteiger charge is 2.04. The Bertz CT molecular complexity index is 284. The zero-order valence-electron chi connectivity index (χ0n) is 10.1. The minimum atomic E-state index is 0.959. The second-order valence-corrected chi connectivity index (χ2v) is 3.83. The van der Waals surface area contributed by atoms with Crippen LogP contribution in [0, 0.1) is 0 Å². The molecule has 0 saturated heterocycles. The first kappa shape index (κ1) is 12.1. The van der Waals surface area contributed by atoms with Crippen LogP contribution in [0.5, 0.6) is 0 Å². The van der Waals surface area contributed by atoms with Crippen molar-refractivity contribution in [2.24, 2.45) is 0 Å². The van der Waals surface area contributed by atoms with E-state index in [0.717, 1.165) is 19.6 Å². The van der Waals surface area contributed by atoms with Crippen LogP contribution in [0.3, 0.4) is 0 Å². The second kappa shape index (κ2) is 6.46. The van der Waals surface area contributed by atoms with Gasteiger partial charge in [-0.15, -0.1) is 0 Å². The summed E-state index contributed by atoms with van der Waals surface area (Å²) in [5.74, 6) is 0. The zero-order valence-corrected chi connectivity index (χ0v) is 10.1. The molecule has 0 bridgehead atoms. The van der Waals surface area contributed by atoms with Crippen molar-refractivity contribution < 1.29 is 0 Å². The van der Waals surface area contributed by atoms with Crippen molar-refractivity contribution in [3.63, 3.8) is 0 Å². The van der Waals surface area contributed by atoms with Gasteiger partial charge in [0.25, 0.3) is 0 Å². The summed E-state index contributed by atoms with van der Waals surface area (Å²) < 4.78 is 0. The number of anilines is 1. The molecule has 1 aromatic carbocycles. The van der Waals surface area contributed by atoms with Gasteiger partial charge >= 0.3 is 0 Å². The normalized spacial score (nSPS) is 10.3. The molecular formula is C13H22N2. The van der Waals surface area contributed by atoms with E-state index in [1.807, 2.05) is 0 Å². The lowest BCUT2D eigenvalue weighted by atomic mass is 10.1. The number of hydrogen-bond acceptors (Lipinski definition) is 2. The molecule has 2 heteroatoms. The molecule has 15 heavy (non-hydrogen) atoms. The maximum Gasteiger partial charge on any atom is 0.0409 e. The number of nitrogens with zero attached hydrogens (tertiary/aromatic N) is 1. The van der Waals surface area contributed by atoms with Crippen molar-refractivity contribution >= 4 is 5.69 Å². The Balaban J connectivity index is 2.75. The lowest BCUT2D eigenvalue weighted by Crippen LogP contribution is -2.21. The number of nitrogens with one attached hydrogen (secondary N) is 1. The van der Waals surface area contributed by atoms with Crippen LogP contribution >= 0.6 is 0 Å². The van der Waals surface area contributed by atoms with E-state index in [9.17, 15) is 0 Å². The van der Waals surface area contributed by atoms with Gasteiger partial charge in [0.15, 0.2) is 0 Å². The summed E-state index contributed by atoms with van der Waals surface area (Å²) in [4.78, 5) is 2.33. The third-order valence-corrected chi connectivity index (χ3v) is 2.53. The van der Waals surface area contributed by atoms with E-state index in [1.54, 1.807) is 0 Å². The molecule has 84 valence electrons. The van der Waals surface area contributed by atoms with Gasteiger partial charge in [-0.2, -0.15) is 0 Å². The number of rotatable bonds is 6. The zero-order chi connectivity index (χ0) is 11.1. The van der Waals surface area contributed by atoms with Gasteiger partial charge in [-0.1, -0.05) is 32.0 Å². The fraction of sp³-hybridized carbons (Fsp3) is 0.538. The second-order valence-electron chi connectivity index (χ2n) is 3.83. The van der Waals surface area contributed by atoms with Gasteiger partial charge in [0, 0.05) is 25.8 Å². The Morgan fingerprint density at radius 2 is 1.93 bits per heavy atom. The maximum atomic E-state index is 3.38. The van der Waals surface area contributed by atoms with Crippen molar-refractivity contribution in [1.82, 2.24) is 5.32 Å². The minimum Gasteiger partial charge on any atom is -0.374 e. The molecule has 0 aromatic heterocycles.